The number of carbonyl (C=O) groups is 3. The zero-order chi connectivity index (χ0) is 17.3. The van der Waals surface area contributed by atoms with Gasteiger partial charge in [0.2, 0.25) is 0 Å². The summed E-state index contributed by atoms with van der Waals surface area (Å²) in [4.78, 5) is 29.3. The van der Waals surface area contributed by atoms with Crippen molar-refractivity contribution in [3.8, 4) is 0 Å². The Hall–Kier alpha value is -1.59. The van der Waals surface area contributed by atoms with Gasteiger partial charge in [-0.1, -0.05) is 34.1 Å². The molecule has 0 amide bonds. The minimum Gasteiger partial charge on any atom is -0.481 e. The van der Waals surface area contributed by atoms with Gasteiger partial charge in [0.25, 0.3) is 0 Å². The zero-order valence-corrected chi connectivity index (χ0v) is 13.6. The van der Waals surface area contributed by atoms with Crippen LogP contribution < -0.4 is 0 Å². The van der Waals surface area contributed by atoms with Gasteiger partial charge in [0, 0.05) is 19.3 Å². The summed E-state index contributed by atoms with van der Waals surface area (Å²) >= 11 is 0. The average molecular weight is 306 g/mol. The van der Waals surface area contributed by atoms with Gasteiger partial charge < -0.3 is 15.3 Å². The maximum atomic E-state index is 9.90. The van der Waals surface area contributed by atoms with E-state index in [2.05, 4.69) is 0 Å². The first-order chi connectivity index (χ1) is 9.67. The molecular formula is C15H30O6. The fourth-order valence-corrected chi connectivity index (χ4v) is 0.954. The maximum absolute atomic E-state index is 9.90. The first-order valence-electron chi connectivity index (χ1n) is 7.32. The molecule has 0 heterocycles. The Kier molecular flexibility index (Phi) is 21.4. The van der Waals surface area contributed by atoms with Gasteiger partial charge in [0.05, 0.1) is 0 Å². The number of rotatable bonds is 8. The molecule has 0 aliphatic carbocycles. The van der Waals surface area contributed by atoms with E-state index in [9.17, 15) is 14.4 Å². The smallest absolute Gasteiger partial charge is 0.303 e. The topological polar surface area (TPSA) is 112 Å². The van der Waals surface area contributed by atoms with Crippen LogP contribution in [-0.4, -0.2) is 33.2 Å². The fraction of sp³-hybridized carbons (Fsp3) is 0.800. The largest absolute Gasteiger partial charge is 0.481 e. The van der Waals surface area contributed by atoms with E-state index in [0.717, 1.165) is 25.7 Å². The van der Waals surface area contributed by atoms with Crippen molar-refractivity contribution < 1.29 is 29.7 Å². The Labute approximate surface area is 127 Å². The van der Waals surface area contributed by atoms with E-state index in [-0.39, 0.29) is 0 Å². The highest BCUT2D eigenvalue weighted by Gasteiger charge is 1.98. The van der Waals surface area contributed by atoms with E-state index in [1.54, 1.807) is 0 Å². The lowest BCUT2D eigenvalue weighted by Gasteiger charge is -1.97. The Bertz CT molecular complexity index is 273. The van der Waals surface area contributed by atoms with E-state index in [1.165, 1.54) is 0 Å². The van der Waals surface area contributed by atoms with Crippen molar-refractivity contribution in [3.05, 3.63) is 0 Å². The van der Waals surface area contributed by atoms with E-state index < -0.39 is 17.9 Å². The van der Waals surface area contributed by atoms with Gasteiger partial charge in [-0.15, -0.1) is 0 Å². The van der Waals surface area contributed by atoms with E-state index in [4.69, 9.17) is 15.3 Å². The van der Waals surface area contributed by atoms with Crippen molar-refractivity contribution >= 4 is 17.9 Å². The maximum Gasteiger partial charge on any atom is 0.303 e. The number of carboxylic acids is 3. The van der Waals surface area contributed by atoms with E-state index in [0.29, 0.717) is 25.2 Å². The molecule has 6 heteroatoms. The predicted molar refractivity (Wildman–Crippen MR) is 81.4 cm³/mol. The molecule has 0 saturated carbocycles. The van der Waals surface area contributed by atoms with Crippen LogP contribution in [0.2, 0.25) is 0 Å². The van der Waals surface area contributed by atoms with Crippen LogP contribution in [0.5, 0.6) is 0 Å². The van der Waals surface area contributed by atoms with Crippen LogP contribution in [-0.2, 0) is 14.4 Å². The Morgan fingerprint density at radius 1 is 0.762 bits per heavy atom. The van der Waals surface area contributed by atoms with Crippen molar-refractivity contribution in [1.82, 2.24) is 0 Å². The van der Waals surface area contributed by atoms with Crippen molar-refractivity contribution in [2.45, 2.75) is 72.6 Å². The van der Waals surface area contributed by atoms with Crippen LogP contribution >= 0.6 is 0 Å². The third-order valence-corrected chi connectivity index (χ3v) is 2.14. The molecule has 0 bridgehead atoms. The molecule has 0 fully saturated rings. The minimum atomic E-state index is -0.711. The quantitative estimate of drug-likeness (QED) is 0.631. The lowest BCUT2D eigenvalue weighted by molar-refractivity contribution is -0.138. The number of hydrogen-bond donors (Lipinski definition) is 3. The highest BCUT2D eigenvalue weighted by Crippen LogP contribution is 2.01. The normalized spacial score (nSPS) is 9.00. The van der Waals surface area contributed by atoms with Crippen LogP contribution in [0.15, 0.2) is 0 Å². The standard InChI is InChI=1S/C6H12O2.C5H10O2.C4H8O2/c1-5(2)3-4-6(7)8;1-2-3-4-5(6)7;1-2-3-4(5)6/h5H,3-4H2,1-2H3,(H,7,8);2-4H2,1H3,(H,6,7);2-3H2,1H3,(H,5,6). The lowest BCUT2D eigenvalue weighted by atomic mass is 10.1. The SMILES string of the molecule is CC(C)CCC(=O)O.CCCC(=O)O.CCCCC(=O)O. The summed E-state index contributed by atoms with van der Waals surface area (Å²) in [6.07, 6.45) is 4.19. The molecule has 0 aromatic rings. The summed E-state index contributed by atoms with van der Waals surface area (Å²) in [6, 6.07) is 0. The second kappa shape index (κ2) is 18.4. The molecule has 6 nitrogen and oxygen atoms in total. The summed E-state index contributed by atoms with van der Waals surface area (Å²) in [7, 11) is 0. The van der Waals surface area contributed by atoms with Crippen LogP contribution in [0.25, 0.3) is 0 Å². The van der Waals surface area contributed by atoms with Crippen LogP contribution in [0.4, 0.5) is 0 Å². The van der Waals surface area contributed by atoms with Gasteiger partial charge in [-0.2, -0.15) is 0 Å². The monoisotopic (exact) mass is 306 g/mol. The number of carboxylic acid groups (broad SMARTS) is 3. The second-order valence-corrected chi connectivity index (χ2v) is 4.97. The molecule has 0 saturated heterocycles. The summed E-state index contributed by atoms with van der Waals surface area (Å²) in [5.74, 6) is -1.59. The van der Waals surface area contributed by atoms with Gasteiger partial charge in [-0.25, -0.2) is 0 Å². The molecule has 126 valence electrons. The molecule has 0 aliphatic rings. The van der Waals surface area contributed by atoms with Gasteiger partial charge in [0.15, 0.2) is 0 Å². The van der Waals surface area contributed by atoms with E-state index >= 15 is 0 Å². The second-order valence-electron chi connectivity index (χ2n) is 4.97. The first kappa shape index (κ1) is 24.4. The first-order valence-corrected chi connectivity index (χ1v) is 7.32. The van der Waals surface area contributed by atoms with Crippen molar-refractivity contribution in [2.75, 3.05) is 0 Å². The van der Waals surface area contributed by atoms with E-state index in [1.807, 2.05) is 27.7 Å². The van der Waals surface area contributed by atoms with Crippen LogP contribution in [0.1, 0.15) is 72.6 Å². The molecule has 0 unspecified atom stereocenters. The van der Waals surface area contributed by atoms with Gasteiger partial charge >= 0.3 is 17.9 Å². The third-order valence-electron chi connectivity index (χ3n) is 2.14. The number of hydrogen-bond acceptors (Lipinski definition) is 3. The molecule has 0 rings (SSSR count). The van der Waals surface area contributed by atoms with Gasteiger partial charge in [0.1, 0.15) is 0 Å². The summed E-state index contributed by atoms with van der Waals surface area (Å²) < 4.78 is 0. The number of unbranched alkanes of at least 4 members (excludes halogenated alkanes) is 1. The summed E-state index contributed by atoms with van der Waals surface area (Å²) in [6.45, 7) is 7.85. The average Bonchev–Trinajstić information content (AvgIpc) is 2.35. The molecule has 0 radical (unpaired) electrons. The predicted octanol–water partition coefficient (Wildman–Crippen LogP) is 3.64. The molecule has 0 spiro atoms. The molecule has 21 heavy (non-hydrogen) atoms. The third kappa shape index (κ3) is 45.7. The molecule has 0 aromatic carbocycles. The van der Waals surface area contributed by atoms with Crippen LogP contribution in [0.3, 0.4) is 0 Å². The van der Waals surface area contributed by atoms with Gasteiger partial charge in [-0.05, 0) is 25.2 Å². The minimum absolute atomic E-state index is 0.292. The summed E-state index contributed by atoms with van der Waals surface area (Å²) in [5, 5.41) is 24.1. The lowest BCUT2D eigenvalue weighted by Crippen LogP contribution is -1.97. The van der Waals surface area contributed by atoms with Crippen LogP contribution in [0, 0.1) is 5.92 Å². The molecule has 0 aromatic heterocycles. The highest BCUT2D eigenvalue weighted by molar-refractivity contribution is 5.67. The molecular weight excluding hydrogens is 276 g/mol. The van der Waals surface area contributed by atoms with Crippen molar-refractivity contribution in [1.29, 1.82) is 0 Å². The van der Waals surface area contributed by atoms with Crippen molar-refractivity contribution in [2.24, 2.45) is 5.92 Å². The summed E-state index contributed by atoms with van der Waals surface area (Å²) in [5.41, 5.74) is 0. The number of aliphatic carboxylic acids is 3. The fourth-order valence-electron chi connectivity index (χ4n) is 0.954. The Morgan fingerprint density at radius 2 is 1.19 bits per heavy atom. The molecule has 0 atom stereocenters. The Balaban J connectivity index is -0.000000234. The van der Waals surface area contributed by atoms with Crippen molar-refractivity contribution in [3.63, 3.8) is 0 Å². The molecule has 0 aliphatic heterocycles. The van der Waals surface area contributed by atoms with Gasteiger partial charge in [-0.3, -0.25) is 14.4 Å². The zero-order valence-electron chi connectivity index (χ0n) is 13.6. The Morgan fingerprint density at radius 3 is 1.29 bits per heavy atom. The molecule has 3 N–H and O–H groups in total. The highest BCUT2D eigenvalue weighted by atomic mass is 16.4.